The smallest absolute Gasteiger partial charge is 0.306 e. The third kappa shape index (κ3) is 5.95. The van der Waals surface area contributed by atoms with Crippen molar-refractivity contribution < 1.29 is 58.8 Å². The number of ether oxygens (including phenoxy) is 4. The molecular weight excluding hydrogens is 650 g/mol. The van der Waals surface area contributed by atoms with Crippen LogP contribution in [0.25, 0.3) is 11.0 Å². The van der Waals surface area contributed by atoms with Crippen LogP contribution in [0, 0.1) is 29.1 Å². The van der Waals surface area contributed by atoms with Gasteiger partial charge in [-0.05, 0) is 62.3 Å². The molecule has 0 amide bonds. The first-order valence-corrected chi connectivity index (χ1v) is 17.7. The van der Waals surface area contributed by atoms with Crippen LogP contribution in [0.2, 0.25) is 0 Å². The number of aliphatic hydroxyl groups excluding tert-OH is 4. The highest BCUT2D eigenvalue weighted by Crippen LogP contribution is 2.64. The van der Waals surface area contributed by atoms with E-state index in [1.807, 2.05) is 0 Å². The maximum atomic E-state index is 12.8. The van der Waals surface area contributed by atoms with Crippen LogP contribution >= 0.6 is 0 Å². The lowest BCUT2D eigenvalue weighted by molar-refractivity contribution is -0.408. The summed E-state index contributed by atoms with van der Waals surface area (Å²) in [6.45, 7) is 6.47. The van der Waals surface area contributed by atoms with Crippen molar-refractivity contribution in [1.29, 1.82) is 0 Å². The topological polar surface area (TPSA) is 201 Å². The summed E-state index contributed by atoms with van der Waals surface area (Å²) in [6.07, 6.45) is 3.73. The normalized spacial score (nSPS) is 35.4. The van der Waals surface area contributed by atoms with Gasteiger partial charge >= 0.3 is 5.97 Å². The summed E-state index contributed by atoms with van der Waals surface area (Å²) < 4.78 is 30.2. The predicted octanol–water partition coefficient (Wildman–Crippen LogP) is 1.59. The number of fused-ring (bicyclic) bond motifs is 4. The average molecular weight is 702 g/mol. The molecule has 2 fully saturated rings. The maximum Gasteiger partial charge on any atom is 0.306 e. The molecule has 1 aromatic carbocycles. The van der Waals surface area contributed by atoms with E-state index in [4.69, 9.17) is 23.4 Å². The molecule has 276 valence electrons. The fourth-order valence-corrected chi connectivity index (χ4v) is 8.65. The summed E-state index contributed by atoms with van der Waals surface area (Å²) in [4.78, 5) is 12.5. The number of carbonyl (C=O) groups is 1. The van der Waals surface area contributed by atoms with Crippen molar-refractivity contribution in [3.8, 4) is 11.5 Å². The Labute approximate surface area is 291 Å². The minimum Gasteiger partial charge on any atom is -0.485 e. The van der Waals surface area contributed by atoms with E-state index >= 15 is 0 Å². The van der Waals surface area contributed by atoms with Crippen LogP contribution in [-0.2, 0) is 20.7 Å². The molecule has 0 radical (unpaired) electrons. The molecule has 2 heterocycles. The molecular formula is C37H51NO12. The monoisotopic (exact) mass is 701 g/mol. The number of hydrogen-bond donors (Lipinski definition) is 7. The molecule has 10 unspecified atom stereocenters. The van der Waals surface area contributed by atoms with E-state index in [9.17, 15) is 35.4 Å². The van der Waals surface area contributed by atoms with Crippen LogP contribution in [0.4, 0.5) is 0 Å². The van der Waals surface area contributed by atoms with Crippen LogP contribution in [-0.4, -0.2) is 112 Å². The lowest BCUT2D eigenvalue weighted by Crippen LogP contribution is -2.85. The van der Waals surface area contributed by atoms with Gasteiger partial charge in [-0.1, -0.05) is 38.2 Å². The molecule has 10 atom stereocenters. The van der Waals surface area contributed by atoms with E-state index in [1.165, 1.54) is 12.3 Å². The van der Waals surface area contributed by atoms with Crippen molar-refractivity contribution in [2.24, 2.45) is 29.1 Å². The van der Waals surface area contributed by atoms with Crippen molar-refractivity contribution in [2.75, 3.05) is 39.5 Å². The number of aryl methyl sites for hydroxylation is 1. The molecule has 6 bridgehead atoms. The van der Waals surface area contributed by atoms with Crippen LogP contribution in [0.1, 0.15) is 45.6 Å². The SMILES string of the molecule is CCOC(=O)CCc1cc2ccoc2c(OCCNCCCC(C)C)c1OC1OC(CO)C2(O)C3C=CC4(CO)C(O)C=CC3C4C1(O)C2O. The van der Waals surface area contributed by atoms with Gasteiger partial charge < -0.3 is 59.3 Å². The first-order chi connectivity index (χ1) is 24.0. The van der Waals surface area contributed by atoms with Gasteiger partial charge in [0, 0.05) is 35.6 Å². The molecule has 1 saturated heterocycles. The molecule has 1 aromatic heterocycles. The van der Waals surface area contributed by atoms with Crippen molar-refractivity contribution in [3.63, 3.8) is 0 Å². The highest BCUT2D eigenvalue weighted by Gasteiger charge is 2.78. The van der Waals surface area contributed by atoms with Gasteiger partial charge in [-0.3, -0.25) is 4.79 Å². The second-order valence-corrected chi connectivity index (χ2v) is 14.4. The van der Waals surface area contributed by atoms with Gasteiger partial charge in [-0.25, -0.2) is 0 Å². The second-order valence-electron chi connectivity index (χ2n) is 14.4. The number of hydrogen-bond acceptors (Lipinski definition) is 13. The zero-order chi connectivity index (χ0) is 35.8. The van der Waals surface area contributed by atoms with Crippen LogP contribution in [0.3, 0.4) is 0 Å². The Kier molecular flexibility index (Phi) is 10.7. The molecule has 2 aromatic rings. The zero-order valence-corrected chi connectivity index (χ0v) is 28.9. The Hall–Kier alpha value is -3.01. The standard InChI is InChI=1S/C37H51NO12/c1-4-46-28(42)10-7-22-18-23-12-16-47-29(23)31(48-17-15-38-14-5-6-21(2)3)30(22)50-34-37(45)32-24-8-9-26(41)35(32,20-40)13-11-25(24)36(44,33(37)43)27(19-39)49-34/h8-9,11-13,16,18,21,24-27,32-34,38-41,43-45H,4-7,10,14-15,17,19-20H2,1-3H3. The fraction of sp³-hybridized carbons (Fsp3) is 0.649. The Morgan fingerprint density at radius 2 is 1.88 bits per heavy atom. The molecule has 4 aliphatic rings. The van der Waals surface area contributed by atoms with Gasteiger partial charge in [0.15, 0.2) is 16.9 Å². The molecule has 1 aliphatic heterocycles. The number of esters is 1. The molecule has 1 saturated carbocycles. The lowest BCUT2D eigenvalue weighted by Gasteiger charge is -2.69. The summed E-state index contributed by atoms with van der Waals surface area (Å²) in [7, 11) is 0. The number of nitrogens with one attached hydrogen (secondary N) is 1. The number of benzene rings is 1. The molecule has 0 spiro atoms. The summed E-state index contributed by atoms with van der Waals surface area (Å²) >= 11 is 0. The molecule has 7 N–H and O–H groups in total. The first kappa shape index (κ1) is 36.8. The Bertz CT molecular complexity index is 1570. The first-order valence-electron chi connectivity index (χ1n) is 17.7. The van der Waals surface area contributed by atoms with Gasteiger partial charge in [0.25, 0.3) is 0 Å². The fourth-order valence-electron chi connectivity index (χ4n) is 8.65. The summed E-state index contributed by atoms with van der Waals surface area (Å²) in [5, 5.41) is 73.4. The third-order valence-corrected chi connectivity index (χ3v) is 11.1. The third-order valence-electron chi connectivity index (χ3n) is 11.1. The van der Waals surface area contributed by atoms with E-state index in [1.54, 1.807) is 37.3 Å². The van der Waals surface area contributed by atoms with Gasteiger partial charge in [0.05, 0.1) is 32.2 Å². The zero-order valence-electron chi connectivity index (χ0n) is 28.9. The maximum absolute atomic E-state index is 12.8. The van der Waals surface area contributed by atoms with Crippen LogP contribution < -0.4 is 14.8 Å². The number of carbonyl (C=O) groups excluding carboxylic acids is 1. The second kappa shape index (κ2) is 14.5. The van der Waals surface area contributed by atoms with Gasteiger partial charge in [-0.15, -0.1) is 0 Å². The highest BCUT2D eigenvalue weighted by molar-refractivity contribution is 5.87. The number of rotatable bonds is 16. The van der Waals surface area contributed by atoms with Crippen molar-refractivity contribution in [3.05, 3.63) is 48.3 Å². The van der Waals surface area contributed by atoms with Crippen LogP contribution in [0.5, 0.6) is 11.5 Å². The Morgan fingerprint density at radius 3 is 2.60 bits per heavy atom. The van der Waals surface area contributed by atoms with E-state index in [2.05, 4.69) is 19.2 Å². The van der Waals surface area contributed by atoms with E-state index in [0.717, 1.165) is 19.4 Å². The number of furan rings is 1. The average Bonchev–Trinajstić information content (AvgIpc) is 3.57. The van der Waals surface area contributed by atoms with E-state index in [-0.39, 0.29) is 37.6 Å². The number of allylic oxidation sites excluding steroid dienone is 1. The summed E-state index contributed by atoms with van der Waals surface area (Å²) in [6, 6.07) is 3.51. The van der Waals surface area contributed by atoms with Crippen molar-refractivity contribution in [2.45, 2.75) is 82.3 Å². The van der Waals surface area contributed by atoms with Crippen molar-refractivity contribution in [1.82, 2.24) is 5.32 Å². The number of aliphatic hydroxyl groups is 6. The van der Waals surface area contributed by atoms with Crippen LogP contribution in [0.15, 0.2) is 47.1 Å². The summed E-state index contributed by atoms with van der Waals surface area (Å²) in [5.41, 5.74) is -5.23. The molecule has 3 aliphatic carbocycles. The Morgan fingerprint density at radius 1 is 1.08 bits per heavy atom. The minimum atomic E-state index is -2.44. The molecule has 13 nitrogen and oxygen atoms in total. The van der Waals surface area contributed by atoms with Crippen molar-refractivity contribution >= 4 is 16.9 Å². The predicted molar refractivity (Wildman–Crippen MR) is 180 cm³/mol. The molecule has 6 rings (SSSR count). The quantitative estimate of drug-likeness (QED) is 0.0757. The van der Waals surface area contributed by atoms with E-state index < -0.39 is 78.2 Å². The summed E-state index contributed by atoms with van der Waals surface area (Å²) in [5.74, 6) is -2.19. The largest absolute Gasteiger partial charge is 0.485 e. The lowest BCUT2D eigenvalue weighted by atomic mass is 9.42. The minimum absolute atomic E-state index is 0.0103. The van der Waals surface area contributed by atoms with Gasteiger partial charge in [-0.2, -0.15) is 0 Å². The molecule has 13 heteroatoms. The highest BCUT2D eigenvalue weighted by atomic mass is 16.7. The van der Waals surface area contributed by atoms with Gasteiger partial charge in [0.1, 0.15) is 24.4 Å². The Balaban J connectivity index is 1.41. The van der Waals surface area contributed by atoms with Gasteiger partial charge in [0.2, 0.25) is 12.0 Å². The van der Waals surface area contributed by atoms with E-state index in [0.29, 0.717) is 29.0 Å². The molecule has 50 heavy (non-hydrogen) atoms.